The van der Waals surface area contributed by atoms with Gasteiger partial charge in [0.05, 0.1) is 11.5 Å². The van der Waals surface area contributed by atoms with Gasteiger partial charge in [0.15, 0.2) is 5.78 Å². The maximum atomic E-state index is 12.1. The zero-order chi connectivity index (χ0) is 12.5. The fourth-order valence-electron chi connectivity index (χ4n) is 2.17. The molecule has 0 spiro atoms. The van der Waals surface area contributed by atoms with Crippen molar-refractivity contribution in [3.63, 3.8) is 0 Å². The Morgan fingerprint density at radius 1 is 1.44 bits per heavy atom. The summed E-state index contributed by atoms with van der Waals surface area (Å²) in [4.78, 5) is 12.9. The highest BCUT2D eigenvalue weighted by Gasteiger charge is 2.19. The maximum Gasteiger partial charge on any atom is 0.177 e. The van der Waals surface area contributed by atoms with Gasteiger partial charge in [0.2, 0.25) is 0 Å². The Morgan fingerprint density at radius 2 is 2.33 bits per heavy atom. The van der Waals surface area contributed by atoms with Crippen molar-refractivity contribution in [2.45, 2.75) is 12.8 Å². The second-order valence-corrected chi connectivity index (χ2v) is 6.09. The van der Waals surface area contributed by atoms with Gasteiger partial charge in [-0.2, -0.15) is 0 Å². The third-order valence-electron chi connectivity index (χ3n) is 2.97. The van der Waals surface area contributed by atoms with Gasteiger partial charge in [-0.05, 0) is 29.1 Å². The van der Waals surface area contributed by atoms with E-state index in [4.69, 9.17) is 4.74 Å². The Balaban J connectivity index is 1.91. The summed E-state index contributed by atoms with van der Waals surface area (Å²) >= 11 is 4.98. The van der Waals surface area contributed by atoms with Gasteiger partial charge >= 0.3 is 0 Å². The second kappa shape index (κ2) is 4.86. The number of fused-ring (bicyclic) bond motifs is 1. The normalized spacial score (nSPS) is 13.2. The number of Topliss-reactive ketones (excluding diaryl/α,β-unsaturated/α-hetero) is 1. The summed E-state index contributed by atoms with van der Waals surface area (Å²) in [6.07, 6.45) is 1.33. The number of carbonyl (C=O) groups is 1. The van der Waals surface area contributed by atoms with Crippen LogP contribution >= 0.6 is 27.3 Å². The minimum atomic E-state index is 0.154. The molecule has 0 atom stereocenters. The van der Waals surface area contributed by atoms with Crippen LogP contribution in [0.2, 0.25) is 0 Å². The largest absolute Gasteiger partial charge is 0.493 e. The van der Waals surface area contributed by atoms with Crippen LogP contribution in [0.25, 0.3) is 0 Å². The van der Waals surface area contributed by atoms with Crippen LogP contribution < -0.4 is 4.74 Å². The molecule has 1 aliphatic rings. The molecular weight excluding hydrogens is 312 g/mol. The van der Waals surface area contributed by atoms with Crippen molar-refractivity contribution in [2.75, 3.05) is 6.61 Å². The number of ketones is 1. The molecular formula is C14H11BrO2S. The smallest absolute Gasteiger partial charge is 0.177 e. The predicted octanol–water partition coefficient (Wildman–Crippen LogP) is 3.87. The van der Waals surface area contributed by atoms with Crippen molar-refractivity contribution in [3.05, 3.63) is 50.1 Å². The van der Waals surface area contributed by atoms with Crippen LogP contribution in [0.1, 0.15) is 20.8 Å². The molecule has 1 aromatic carbocycles. The molecule has 0 bridgehead atoms. The Hall–Kier alpha value is -1.13. The predicted molar refractivity (Wildman–Crippen MR) is 75.7 cm³/mol. The molecule has 2 nitrogen and oxygen atoms in total. The first-order valence-electron chi connectivity index (χ1n) is 5.75. The third-order valence-corrected chi connectivity index (χ3v) is 4.34. The standard InChI is InChI=1S/C14H11BrO2S/c15-11-6-9-3-4-17-14(9)10(7-11)8-12(16)13-2-1-5-18-13/h1-2,5-7H,3-4,8H2. The van der Waals surface area contributed by atoms with Gasteiger partial charge in [0, 0.05) is 22.9 Å². The molecule has 3 rings (SSSR count). The van der Waals surface area contributed by atoms with Crippen LogP contribution in [0.5, 0.6) is 5.75 Å². The van der Waals surface area contributed by atoms with E-state index in [1.165, 1.54) is 16.9 Å². The first-order chi connectivity index (χ1) is 8.74. The van der Waals surface area contributed by atoms with E-state index in [0.29, 0.717) is 13.0 Å². The highest BCUT2D eigenvalue weighted by Crippen LogP contribution is 2.33. The van der Waals surface area contributed by atoms with Crippen LogP contribution in [0.15, 0.2) is 34.1 Å². The molecule has 18 heavy (non-hydrogen) atoms. The average molecular weight is 323 g/mol. The van der Waals surface area contributed by atoms with Crippen LogP contribution in [0.3, 0.4) is 0 Å². The van der Waals surface area contributed by atoms with Gasteiger partial charge in [-0.15, -0.1) is 11.3 Å². The van der Waals surface area contributed by atoms with Crippen LogP contribution in [-0.4, -0.2) is 12.4 Å². The number of halogens is 1. The minimum Gasteiger partial charge on any atom is -0.493 e. The monoisotopic (exact) mass is 322 g/mol. The lowest BCUT2D eigenvalue weighted by molar-refractivity contribution is 0.0996. The highest BCUT2D eigenvalue weighted by atomic mass is 79.9. The van der Waals surface area contributed by atoms with E-state index < -0.39 is 0 Å². The van der Waals surface area contributed by atoms with E-state index in [2.05, 4.69) is 22.0 Å². The summed E-state index contributed by atoms with van der Waals surface area (Å²) in [7, 11) is 0. The van der Waals surface area contributed by atoms with Crippen LogP contribution in [0.4, 0.5) is 0 Å². The fourth-order valence-corrected chi connectivity index (χ4v) is 3.39. The van der Waals surface area contributed by atoms with Gasteiger partial charge < -0.3 is 4.74 Å². The molecule has 0 fully saturated rings. The van der Waals surface area contributed by atoms with Gasteiger partial charge in [-0.1, -0.05) is 22.0 Å². The average Bonchev–Trinajstić information content (AvgIpc) is 2.98. The molecule has 0 saturated heterocycles. The molecule has 2 heterocycles. The third kappa shape index (κ3) is 2.22. The van der Waals surface area contributed by atoms with Gasteiger partial charge in [0.1, 0.15) is 5.75 Å². The molecule has 0 saturated carbocycles. The van der Waals surface area contributed by atoms with E-state index in [1.807, 2.05) is 23.6 Å². The van der Waals surface area contributed by atoms with Crippen molar-refractivity contribution in [1.29, 1.82) is 0 Å². The summed E-state index contributed by atoms with van der Waals surface area (Å²) in [5.41, 5.74) is 2.17. The first kappa shape index (κ1) is 11.9. The molecule has 0 radical (unpaired) electrons. The number of hydrogen-bond acceptors (Lipinski definition) is 3. The number of hydrogen-bond donors (Lipinski definition) is 0. The fraction of sp³-hybridized carbons (Fsp3) is 0.214. The Bertz CT molecular complexity index is 590. The summed E-state index contributed by atoms with van der Waals surface area (Å²) in [5, 5.41) is 1.93. The molecule has 2 aromatic rings. The van der Waals surface area contributed by atoms with Gasteiger partial charge in [-0.25, -0.2) is 0 Å². The van der Waals surface area contributed by atoms with Crippen molar-refractivity contribution < 1.29 is 9.53 Å². The number of rotatable bonds is 3. The van der Waals surface area contributed by atoms with Gasteiger partial charge in [0.25, 0.3) is 0 Å². The maximum absolute atomic E-state index is 12.1. The molecule has 0 unspecified atom stereocenters. The Morgan fingerprint density at radius 3 is 3.11 bits per heavy atom. The van der Waals surface area contributed by atoms with Crippen molar-refractivity contribution in [2.24, 2.45) is 0 Å². The molecule has 1 aromatic heterocycles. The van der Waals surface area contributed by atoms with E-state index in [0.717, 1.165) is 27.1 Å². The molecule has 0 amide bonds. The van der Waals surface area contributed by atoms with E-state index in [-0.39, 0.29) is 5.78 Å². The molecule has 0 N–H and O–H groups in total. The van der Waals surface area contributed by atoms with Crippen molar-refractivity contribution >= 4 is 33.0 Å². The van der Waals surface area contributed by atoms with E-state index >= 15 is 0 Å². The van der Waals surface area contributed by atoms with Crippen molar-refractivity contribution in [1.82, 2.24) is 0 Å². The van der Waals surface area contributed by atoms with Crippen LogP contribution in [0, 0.1) is 0 Å². The quantitative estimate of drug-likeness (QED) is 0.802. The lowest BCUT2D eigenvalue weighted by Gasteiger charge is -2.08. The zero-order valence-corrected chi connectivity index (χ0v) is 12.0. The summed E-state index contributed by atoms with van der Waals surface area (Å²) in [5.74, 6) is 1.06. The molecule has 1 aliphatic heterocycles. The summed E-state index contributed by atoms with van der Waals surface area (Å²) in [6, 6.07) is 7.82. The first-order valence-corrected chi connectivity index (χ1v) is 7.42. The summed E-state index contributed by atoms with van der Waals surface area (Å²) < 4.78 is 6.65. The lowest BCUT2D eigenvalue weighted by atomic mass is 10.0. The second-order valence-electron chi connectivity index (χ2n) is 4.23. The van der Waals surface area contributed by atoms with E-state index in [9.17, 15) is 4.79 Å². The molecule has 92 valence electrons. The minimum absolute atomic E-state index is 0.154. The highest BCUT2D eigenvalue weighted by molar-refractivity contribution is 9.10. The topological polar surface area (TPSA) is 26.3 Å². The van der Waals surface area contributed by atoms with Crippen LogP contribution in [-0.2, 0) is 12.8 Å². The summed E-state index contributed by atoms with van der Waals surface area (Å²) in [6.45, 7) is 0.714. The van der Waals surface area contributed by atoms with Gasteiger partial charge in [-0.3, -0.25) is 4.79 Å². The molecule has 0 aliphatic carbocycles. The Kier molecular flexibility index (Phi) is 3.22. The SMILES string of the molecule is O=C(Cc1cc(Br)cc2c1OCC2)c1cccs1. The number of benzene rings is 1. The molecule has 4 heteroatoms. The number of carbonyl (C=O) groups excluding carboxylic acids is 1. The number of ether oxygens (including phenoxy) is 1. The Labute approximate surface area is 118 Å². The number of thiophene rings is 1. The van der Waals surface area contributed by atoms with Crippen molar-refractivity contribution in [3.8, 4) is 5.75 Å². The lowest BCUT2D eigenvalue weighted by Crippen LogP contribution is -2.03. The zero-order valence-electron chi connectivity index (χ0n) is 9.61. The van der Waals surface area contributed by atoms with E-state index in [1.54, 1.807) is 0 Å².